The fraction of sp³-hybridized carbons (Fsp3) is 0.395. The Labute approximate surface area is 298 Å². The van der Waals surface area contributed by atoms with Crippen molar-refractivity contribution in [2.75, 3.05) is 17.9 Å². The lowest BCUT2D eigenvalue weighted by molar-refractivity contribution is -0.00288. The molecular formula is C38H43N7O5S. The number of sulfonamides is 1. The predicted molar refractivity (Wildman–Crippen MR) is 194 cm³/mol. The molecule has 1 saturated carbocycles. The Morgan fingerprint density at radius 2 is 1.75 bits per heavy atom. The average molecular weight is 710 g/mol. The number of carbonyl (C=O) groups excluding carboxylic acids is 1. The zero-order valence-corrected chi connectivity index (χ0v) is 30.4. The molecule has 2 aliphatic rings. The highest BCUT2D eigenvalue weighted by molar-refractivity contribution is 7.92. The van der Waals surface area contributed by atoms with Crippen molar-refractivity contribution in [1.29, 1.82) is 0 Å². The number of nitrogens with one attached hydrogen (secondary N) is 1. The number of carbonyl (C=O) groups is 1. The monoisotopic (exact) mass is 709 g/mol. The molecule has 2 aromatic carbocycles. The predicted octanol–water partition coefficient (Wildman–Crippen LogP) is 6.33. The minimum atomic E-state index is -4.20. The molecule has 266 valence electrons. The Balaban J connectivity index is 1.34. The minimum absolute atomic E-state index is 0.0187. The first-order valence-corrected chi connectivity index (χ1v) is 18.9. The van der Waals surface area contributed by atoms with Gasteiger partial charge in [0, 0.05) is 29.9 Å². The third-order valence-corrected chi connectivity index (χ3v) is 11.1. The average Bonchev–Trinajstić information content (AvgIpc) is 3.74. The van der Waals surface area contributed by atoms with Gasteiger partial charge < -0.3 is 18.9 Å². The molecule has 1 N–H and O–H groups in total. The molecule has 1 aliphatic carbocycles. The SMILES string of the molecule is Cc1cccc(C)c1-c1cc2nc(n1)NS(=O)(=O)c1cccc(c1)C(=O)N(Cc1cnc3cc(C(C)C)n(C)c3n1)[C@H](COC1CCCC1)CO2. The summed E-state index contributed by atoms with van der Waals surface area (Å²) in [7, 11) is -2.23. The standard InChI is InChI=1S/C38H43N7O5S/c1-23(2)33-17-32-36(44(33)5)40-27(19-39-32)20-45-28(21-49-29-13-6-7-14-29)22-50-34-18-31(35-24(3)10-8-11-25(35)4)41-38(42-34)43-51(47,48)30-15-9-12-26(16-30)37(45)46/h8-12,15-19,23,28-29H,6-7,13-14,20-22H2,1-5H3,(H,41,42,43)/t28-/m1/s1. The number of aryl methyl sites for hydroxylation is 3. The number of amides is 1. The van der Waals surface area contributed by atoms with Crippen LogP contribution in [0.25, 0.3) is 22.4 Å². The van der Waals surface area contributed by atoms with Gasteiger partial charge in [0.1, 0.15) is 12.1 Å². The second kappa shape index (κ2) is 14.0. The molecular weight excluding hydrogens is 667 g/mol. The van der Waals surface area contributed by atoms with Crippen LogP contribution in [0.3, 0.4) is 0 Å². The highest BCUT2D eigenvalue weighted by atomic mass is 32.2. The summed E-state index contributed by atoms with van der Waals surface area (Å²) < 4.78 is 44.9. The molecule has 1 amide bonds. The van der Waals surface area contributed by atoms with Crippen molar-refractivity contribution in [2.24, 2.45) is 7.05 Å². The van der Waals surface area contributed by atoms with Crippen LogP contribution >= 0.6 is 0 Å². The molecule has 1 aliphatic heterocycles. The van der Waals surface area contributed by atoms with Gasteiger partial charge in [-0.25, -0.2) is 23.1 Å². The number of benzene rings is 2. The van der Waals surface area contributed by atoms with Crippen molar-refractivity contribution < 1.29 is 22.7 Å². The van der Waals surface area contributed by atoms with E-state index in [1.807, 2.05) is 49.7 Å². The van der Waals surface area contributed by atoms with Crippen LogP contribution in [0.2, 0.25) is 0 Å². The number of hydrogen-bond donors (Lipinski definition) is 1. The largest absolute Gasteiger partial charge is 0.475 e. The van der Waals surface area contributed by atoms with Crippen molar-refractivity contribution in [3.8, 4) is 17.1 Å². The quantitative estimate of drug-likeness (QED) is 0.205. The van der Waals surface area contributed by atoms with Gasteiger partial charge in [0.2, 0.25) is 11.8 Å². The molecule has 4 heterocycles. The van der Waals surface area contributed by atoms with Crippen molar-refractivity contribution >= 4 is 33.0 Å². The summed E-state index contributed by atoms with van der Waals surface area (Å²) in [6, 6.07) is 15.0. The second-order valence-electron chi connectivity index (χ2n) is 13.8. The molecule has 7 rings (SSSR count). The van der Waals surface area contributed by atoms with E-state index < -0.39 is 16.1 Å². The Bertz CT molecular complexity index is 2190. The van der Waals surface area contributed by atoms with E-state index in [4.69, 9.17) is 19.4 Å². The molecule has 4 bridgehead atoms. The number of aromatic nitrogens is 5. The van der Waals surface area contributed by atoms with E-state index in [1.54, 1.807) is 29.3 Å². The number of rotatable bonds is 7. The summed E-state index contributed by atoms with van der Waals surface area (Å²) in [6.45, 7) is 8.50. The highest BCUT2D eigenvalue weighted by Crippen LogP contribution is 2.31. The molecule has 1 fully saturated rings. The molecule has 3 aromatic heterocycles. The van der Waals surface area contributed by atoms with Gasteiger partial charge in [-0.05, 0) is 68.0 Å². The summed E-state index contributed by atoms with van der Waals surface area (Å²) >= 11 is 0. The molecule has 1 atom stereocenters. The van der Waals surface area contributed by atoms with E-state index in [9.17, 15) is 13.2 Å². The number of fused-ring (bicyclic) bond motifs is 5. The maximum Gasteiger partial charge on any atom is 0.264 e. The third-order valence-electron chi connectivity index (χ3n) is 9.75. The Morgan fingerprint density at radius 3 is 2.49 bits per heavy atom. The Kier molecular flexibility index (Phi) is 9.51. The summed E-state index contributed by atoms with van der Waals surface area (Å²) in [6.07, 6.45) is 5.87. The van der Waals surface area contributed by atoms with Gasteiger partial charge in [0.15, 0.2) is 5.65 Å². The van der Waals surface area contributed by atoms with Crippen molar-refractivity contribution in [3.05, 3.63) is 88.9 Å². The lowest BCUT2D eigenvalue weighted by atomic mass is 10.00. The Morgan fingerprint density at radius 1 is 1.00 bits per heavy atom. The third kappa shape index (κ3) is 7.18. The summed E-state index contributed by atoms with van der Waals surface area (Å²) in [5, 5.41) is 0. The number of ether oxygens (including phenoxy) is 2. The number of nitrogens with zero attached hydrogens (tertiary/aromatic N) is 6. The van der Waals surface area contributed by atoms with Crippen LogP contribution in [0, 0.1) is 13.8 Å². The minimum Gasteiger partial charge on any atom is -0.475 e. The summed E-state index contributed by atoms with van der Waals surface area (Å²) in [4.78, 5) is 34.9. The van der Waals surface area contributed by atoms with Crippen LogP contribution in [-0.4, -0.2) is 69.1 Å². The van der Waals surface area contributed by atoms with E-state index in [-0.39, 0.29) is 60.0 Å². The van der Waals surface area contributed by atoms with E-state index in [1.165, 1.54) is 12.1 Å². The highest BCUT2D eigenvalue weighted by Gasteiger charge is 2.31. The zero-order valence-electron chi connectivity index (χ0n) is 29.6. The first-order chi connectivity index (χ1) is 24.5. The first kappa shape index (κ1) is 34.6. The van der Waals surface area contributed by atoms with Gasteiger partial charge in [0.05, 0.1) is 47.8 Å². The van der Waals surface area contributed by atoms with Crippen LogP contribution in [0.4, 0.5) is 5.95 Å². The van der Waals surface area contributed by atoms with Gasteiger partial charge in [-0.2, -0.15) is 4.98 Å². The molecule has 13 heteroatoms. The summed E-state index contributed by atoms with van der Waals surface area (Å²) in [5.41, 5.74) is 6.67. The molecule has 0 unspecified atom stereocenters. The van der Waals surface area contributed by atoms with E-state index in [0.29, 0.717) is 11.4 Å². The van der Waals surface area contributed by atoms with Gasteiger partial charge in [0.25, 0.3) is 15.9 Å². The maximum atomic E-state index is 14.6. The fourth-order valence-corrected chi connectivity index (χ4v) is 8.04. The van der Waals surface area contributed by atoms with Crippen molar-refractivity contribution in [1.82, 2.24) is 29.4 Å². The molecule has 0 spiro atoms. The summed E-state index contributed by atoms with van der Waals surface area (Å²) in [5.74, 6) is -0.0833. The molecule has 5 aromatic rings. The topological polar surface area (TPSA) is 141 Å². The van der Waals surface area contributed by atoms with Gasteiger partial charge in [-0.1, -0.05) is 51.0 Å². The van der Waals surface area contributed by atoms with Crippen molar-refractivity contribution in [3.63, 3.8) is 0 Å². The van der Waals surface area contributed by atoms with Crippen LogP contribution in [0.15, 0.2) is 65.7 Å². The van der Waals surface area contributed by atoms with Crippen molar-refractivity contribution in [2.45, 2.75) is 82.9 Å². The second-order valence-corrected chi connectivity index (χ2v) is 15.5. The fourth-order valence-electron chi connectivity index (χ4n) is 7.05. The normalized spacial score (nSPS) is 17.9. The van der Waals surface area contributed by atoms with Crippen LogP contribution in [0.5, 0.6) is 5.88 Å². The molecule has 12 nitrogen and oxygen atoms in total. The lowest BCUT2D eigenvalue weighted by Gasteiger charge is -2.32. The van der Waals surface area contributed by atoms with E-state index >= 15 is 0 Å². The molecule has 51 heavy (non-hydrogen) atoms. The first-order valence-electron chi connectivity index (χ1n) is 17.4. The smallest absolute Gasteiger partial charge is 0.264 e. The van der Waals surface area contributed by atoms with E-state index in [2.05, 4.69) is 28.5 Å². The van der Waals surface area contributed by atoms with Crippen LogP contribution in [-0.2, 0) is 28.4 Å². The van der Waals surface area contributed by atoms with Gasteiger partial charge >= 0.3 is 0 Å². The van der Waals surface area contributed by atoms with Crippen LogP contribution < -0.4 is 9.46 Å². The van der Waals surface area contributed by atoms with Crippen LogP contribution in [0.1, 0.15) is 78.3 Å². The number of hydrogen-bond acceptors (Lipinski definition) is 9. The van der Waals surface area contributed by atoms with E-state index in [0.717, 1.165) is 59.2 Å². The number of anilines is 1. The van der Waals surface area contributed by atoms with Gasteiger partial charge in [-0.3, -0.25) is 9.78 Å². The molecule has 0 radical (unpaired) electrons. The maximum absolute atomic E-state index is 14.6. The molecule has 0 saturated heterocycles. The lowest BCUT2D eigenvalue weighted by Crippen LogP contribution is -2.46. The Hall–Kier alpha value is -4.88. The zero-order chi connectivity index (χ0) is 35.9. The van der Waals surface area contributed by atoms with Gasteiger partial charge in [-0.15, -0.1) is 0 Å².